The van der Waals surface area contributed by atoms with Gasteiger partial charge in [0, 0.05) is 30.1 Å². The molecule has 0 amide bonds. The molecule has 3 aromatic carbocycles. The molecule has 0 spiro atoms. The first kappa shape index (κ1) is 22.2. The van der Waals surface area contributed by atoms with Gasteiger partial charge in [0.1, 0.15) is 5.75 Å². The van der Waals surface area contributed by atoms with Crippen LogP contribution in [0.4, 0.5) is 0 Å². The lowest BCUT2D eigenvalue weighted by Crippen LogP contribution is -2.64. The van der Waals surface area contributed by atoms with Gasteiger partial charge in [-0.1, -0.05) is 66.7 Å². The number of hydrogen-bond donors (Lipinski definition) is 1. The Kier molecular flexibility index (Phi) is 6.52. The van der Waals surface area contributed by atoms with Crippen LogP contribution in [0.25, 0.3) is 0 Å². The molecule has 3 nitrogen and oxygen atoms in total. The van der Waals surface area contributed by atoms with Crippen molar-refractivity contribution in [1.29, 1.82) is 0 Å². The first-order valence-corrected chi connectivity index (χ1v) is 12.4. The maximum Gasteiger partial charge on any atom is 0.123 e. The maximum atomic E-state index is 5.75. The van der Waals surface area contributed by atoms with Gasteiger partial charge in [-0.2, -0.15) is 0 Å². The van der Waals surface area contributed by atoms with E-state index < -0.39 is 0 Å². The van der Waals surface area contributed by atoms with Crippen molar-refractivity contribution in [2.45, 2.75) is 51.2 Å². The van der Waals surface area contributed by atoms with Crippen molar-refractivity contribution in [1.82, 2.24) is 10.2 Å². The molecule has 3 saturated heterocycles. The molecule has 0 radical (unpaired) electrons. The van der Waals surface area contributed by atoms with Crippen molar-refractivity contribution in [3.63, 3.8) is 0 Å². The van der Waals surface area contributed by atoms with Gasteiger partial charge in [0.25, 0.3) is 0 Å². The summed E-state index contributed by atoms with van der Waals surface area (Å²) < 4.78 is 5.75. The minimum absolute atomic E-state index is 0.356. The van der Waals surface area contributed by atoms with Gasteiger partial charge in [0.15, 0.2) is 0 Å². The molecule has 6 rings (SSSR count). The monoisotopic (exact) mass is 440 g/mol. The molecular formula is C30H36N2O. The highest BCUT2D eigenvalue weighted by Crippen LogP contribution is 2.42. The Morgan fingerprint density at radius 2 is 1.45 bits per heavy atom. The van der Waals surface area contributed by atoms with Crippen LogP contribution < -0.4 is 10.1 Å². The van der Waals surface area contributed by atoms with Crippen molar-refractivity contribution in [2.24, 2.45) is 5.92 Å². The number of aryl methyl sites for hydroxylation is 2. The van der Waals surface area contributed by atoms with Gasteiger partial charge < -0.3 is 10.1 Å². The smallest absolute Gasteiger partial charge is 0.123 e. The molecule has 3 aliphatic heterocycles. The molecule has 1 N–H and O–H groups in total. The molecular weight excluding hydrogens is 404 g/mol. The van der Waals surface area contributed by atoms with Crippen LogP contribution in [0.5, 0.6) is 5.75 Å². The quantitative estimate of drug-likeness (QED) is 0.510. The first-order valence-electron chi connectivity index (χ1n) is 12.4. The Hall–Kier alpha value is -2.62. The van der Waals surface area contributed by atoms with E-state index in [2.05, 4.69) is 96.9 Å². The lowest BCUT2D eigenvalue weighted by molar-refractivity contribution is 0.00462. The van der Waals surface area contributed by atoms with E-state index in [4.69, 9.17) is 4.74 Å². The second kappa shape index (κ2) is 9.70. The fraction of sp³-hybridized carbons (Fsp3) is 0.400. The summed E-state index contributed by atoms with van der Waals surface area (Å²) in [5.41, 5.74) is 6.69. The molecule has 0 aliphatic carbocycles. The maximum absolute atomic E-state index is 5.75. The van der Waals surface area contributed by atoms with Crippen molar-refractivity contribution >= 4 is 0 Å². The highest BCUT2D eigenvalue weighted by atomic mass is 16.5. The zero-order chi connectivity index (χ0) is 22.8. The third kappa shape index (κ3) is 4.45. The molecule has 3 fully saturated rings. The molecule has 0 saturated carbocycles. The number of nitrogens with zero attached hydrogens (tertiary/aromatic N) is 1. The highest BCUT2D eigenvalue weighted by molar-refractivity contribution is 5.42. The Morgan fingerprint density at radius 1 is 0.879 bits per heavy atom. The molecule has 3 aromatic rings. The number of fused-ring (bicyclic) bond motifs is 3. The third-order valence-electron chi connectivity index (χ3n) is 7.96. The lowest BCUT2D eigenvalue weighted by atomic mass is 9.70. The van der Waals surface area contributed by atoms with Crippen LogP contribution in [0.15, 0.2) is 72.8 Å². The fourth-order valence-electron chi connectivity index (χ4n) is 6.10. The molecule has 3 heterocycles. The van der Waals surface area contributed by atoms with E-state index in [1.165, 1.54) is 53.7 Å². The van der Waals surface area contributed by atoms with Gasteiger partial charge in [0.2, 0.25) is 0 Å². The minimum Gasteiger partial charge on any atom is -0.496 e. The average Bonchev–Trinajstić information content (AvgIpc) is 2.87. The number of hydrogen-bond acceptors (Lipinski definition) is 3. The van der Waals surface area contributed by atoms with Gasteiger partial charge in [-0.15, -0.1) is 0 Å². The molecule has 0 unspecified atom stereocenters. The van der Waals surface area contributed by atoms with Crippen LogP contribution in [0.3, 0.4) is 0 Å². The van der Waals surface area contributed by atoms with Crippen molar-refractivity contribution < 1.29 is 4.74 Å². The van der Waals surface area contributed by atoms with Crippen LogP contribution >= 0.6 is 0 Å². The first-order chi connectivity index (χ1) is 16.2. The van der Waals surface area contributed by atoms with Gasteiger partial charge in [-0.05, 0) is 74.0 Å². The van der Waals surface area contributed by atoms with Crippen LogP contribution in [-0.2, 0) is 6.54 Å². The Morgan fingerprint density at radius 3 is 2.03 bits per heavy atom. The number of nitrogens with one attached hydrogen (secondary N) is 1. The summed E-state index contributed by atoms with van der Waals surface area (Å²) in [6.07, 6.45) is 2.57. The van der Waals surface area contributed by atoms with Gasteiger partial charge in [0.05, 0.1) is 7.11 Å². The predicted molar refractivity (Wildman–Crippen MR) is 136 cm³/mol. The number of piperidine rings is 3. The van der Waals surface area contributed by atoms with Crippen molar-refractivity contribution in [3.05, 3.63) is 101 Å². The SMILES string of the molecule is COc1cc(C)c(C)cc1CN[C@H]1C2CCN(CC2)[C@H]1C(c1ccccc1)c1ccccc1. The number of benzene rings is 3. The van der Waals surface area contributed by atoms with Gasteiger partial charge in [-0.25, -0.2) is 0 Å². The van der Waals surface area contributed by atoms with Crippen molar-refractivity contribution in [2.75, 3.05) is 20.2 Å². The van der Waals surface area contributed by atoms with Gasteiger partial charge in [-0.3, -0.25) is 4.90 Å². The molecule has 2 atom stereocenters. The van der Waals surface area contributed by atoms with E-state index >= 15 is 0 Å². The normalized spacial score (nSPS) is 24.2. The van der Waals surface area contributed by atoms with E-state index in [-0.39, 0.29) is 0 Å². The van der Waals surface area contributed by atoms with Crippen LogP contribution in [0, 0.1) is 19.8 Å². The summed E-state index contributed by atoms with van der Waals surface area (Å²) in [6, 6.07) is 27.6. The summed E-state index contributed by atoms with van der Waals surface area (Å²) in [5.74, 6) is 2.06. The lowest BCUT2D eigenvalue weighted by Gasteiger charge is -2.54. The van der Waals surface area contributed by atoms with E-state index in [0.717, 1.165) is 12.3 Å². The number of ether oxygens (including phenoxy) is 1. The summed E-state index contributed by atoms with van der Waals surface area (Å²) in [6.45, 7) is 7.60. The fourth-order valence-corrected chi connectivity index (χ4v) is 6.10. The topological polar surface area (TPSA) is 24.5 Å². The summed E-state index contributed by atoms with van der Waals surface area (Å²) in [5, 5.41) is 4.04. The zero-order valence-corrected chi connectivity index (χ0v) is 20.1. The second-order valence-electron chi connectivity index (χ2n) is 9.82. The molecule has 2 bridgehead atoms. The number of methoxy groups -OCH3 is 1. The van der Waals surface area contributed by atoms with Crippen LogP contribution in [-0.4, -0.2) is 37.2 Å². The largest absolute Gasteiger partial charge is 0.496 e. The second-order valence-corrected chi connectivity index (χ2v) is 9.82. The Balaban J connectivity index is 1.49. The molecule has 0 aromatic heterocycles. The highest BCUT2D eigenvalue weighted by Gasteiger charge is 2.46. The number of rotatable bonds is 7. The Bertz CT molecular complexity index is 1020. The van der Waals surface area contributed by atoms with Crippen LogP contribution in [0.1, 0.15) is 46.6 Å². The molecule has 3 heteroatoms. The predicted octanol–water partition coefficient (Wildman–Crippen LogP) is 5.70. The average molecular weight is 441 g/mol. The molecule has 172 valence electrons. The van der Waals surface area contributed by atoms with Crippen molar-refractivity contribution in [3.8, 4) is 5.75 Å². The Labute approximate surface area is 198 Å². The summed E-state index contributed by atoms with van der Waals surface area (Å²) in [7, 11) is 1.78. The van der Waals surface area contributed by atoms with E-state index in [0.29, 0.717) is 23.9 Å². The van der Waals surface area contributed by atoms with E-state index in [1.54, 1.807) is 7.11 Å². The molecule has 33 heavy (non-hydrogen) atoms. The summed E-state index contributed by atoms with van der Waals surface area (Å²) in [4.78, 5) is 2.75. The third-order valence-corrected chi connectivity index (χ3v) is 7.96. The molecule has 3 aliphatic rings. The summed E-state index contributed by atoms with van der Waals surface area (Å²) >= 11 is 0. The minimum atomic E-state index is 0.356. The standard InChI is InChI=1S/C30H36N2O/c1-21-18-26(27(33-3)19-22(21)2)20-31-29-25-14-16-32(17-15-25)30(29)28(23-10-6-4-7-11-23)24-12-8-5-9-13-24/h4-13,18-19,25,28-31H,14-17,20H2,1-3H3/t29-,30-/m0/s1. The van der Waals surface area contributed by atoms with Crippen LogP contribution in [0.2, 0.25) is 0 Å². The zero-order valence-electron chi connectivity index (χ0n) is 20.1. The van der Waals surface area contributed by atoms with E-state index in [9.17, 15) is 0 Å². The van der Waals surface area contributed by atoms with Gasteiger partial charge >= 0.3 is 0 Å². The van der Waals surface area contributed by atoms with E-state index in [1.807, 2.05) is 0 Å².